The standard InChI is InChI=1S/C31H35NO7/c1-17-28(31(35)39-21-7-5-6-8-21)29(19-10-11-25(36-2)23(33)14-19)30-22(32-17)13-20(15-24(30)34)18-9-12-26(37-3)27(16-18)38-4/h9-12,14,16,20-21,28-29,33H,5-8,13,15H2,1-4H3/t20-,28?,29-/m1/s1. The van der Waals surface area contributed by atoms with Gasteiger partial charge in [-0.3, -0.25) is 14.6 Å². The normalized spacial score (nSPS) is 23.2. The van der Waals surface area contributed by atoms with Crippen molar-refractivity contribution in [3.8, 4) is 23.0 Å². The molecule has 8 heteroatoms. The molecule has 2 aromatic rings. The van der Waals surface area contributed by atoms with Crippen LogP contribution in [0.2, 0.25) is 0 Å². The average Bonchev–Trinajstić information content (AvgIpc) is 3.44. The van der Waals surface area contributed by atoms with Gasteiger partial charge >= 0.3 is 5.97 Å². The van der Waals surface area contributed by atoms with E-state index in [-0.39, 0.29) is 35.9 Å². The first-order valence-electron chi connectivity index (χ1n) is 13.4. The largest absolute Gasteiger partial charge is 0.504 e. The fraction of sp³-hybridized carbons (Fsp3) is 0.452. The summed E-state index contributed by atoms with van der Waals surface area (Å²) in [7, 11) is 4.65. The molecule has 1 saturated carbocycles. The van der Waals surface area contributed by atoms with Crippen molar-refractivity contribution in [1.29, 1.82) is 0 Å². The van der Waals surface area contributed by atoms with Crippen LogP contribution in [0.4, 0.5) is 0 Å². The van der Waals surface area contributed by atoms with Crippen molar-refractivity contribution in [2.75, 3.05) is 21.3 Å². The number of benzene rings is 2. The average molecular weight is 534 g/mol. The van der Waals surface area contributed by atoms with Crippen LogP contribution in [0.3, 0.4) is 0 Å². The summed E-state index contributed by atoms with van der Waals surface area (Å²) in [6, 6.07) is 10.7. The van der Waals surface area contributed by atoms with Gasteiger partial charge in [0, 0.05) is 29.3 Å². The SMILES string of the molecule is COc1ccc([C@H]2C3=C(C[C@@H](c4ccc(OC)c(OC)c4)CC3=O)N=C(C)C2C(=O)OC2CCCC2)cc1O. The molecule has 1 N–H and O–H groups in total. The maximum Gasteiger partial charge on any atom is 0.315 e. The Labute approximate surface area is 228 Å². The van der Waals surface area contributed by atoms with Crippen LogP contribution in [0, 0.1) is 5.92 Å². The fourth-order valence-corrected chi connectivity index (χ4v) is 6.21. The molecule has 0 saturated heterocycles. The summed E-state index contributed by atoms with van der Waals surface area (Å²) >= 11 is 0. The lowest BCUT2D eigenvalue weighted by Crippen LogP contribution is -2.39. The lowest BCUT2D eigenvalue weighted by Gasteiger charge is -2.37. The van der Waals surface area contributed by atoms with Gasteiger partial charge in [0.2, 0.25) is 0 Å². The smallest absolute Gasteiger partial charge is 0.315 e. The topological polar surface area (TPSA) is 104 Å². The number of phenolic OH excluding ortho intramolecular Hbond substituents is 1. The second-order valence-electron chi connectivity index (χ2n) is 10.5. The number of ketones is 1. The molecule has 8 nitrogen and oxygen atoms in total. The number of esters is 1. The number of carbonyl (C=O) groups is 2. The summed E-state index contributed by atoms with van der Waals surface area (Å²) in [5.41, 5.74) is 3.42. The van der Waals surface area contributed by atoms with Gasteiger partial charge < -0.3 is 24.1 Å². The Hall–Kier alpha value is -3.81. The number of rotatable bonds is 7. The molecule has 1 fully saturated rings. The van der Waals surface area contributed by atoms with Crippen molar-refractivity contribution >= 4 is 17.5 Å². The van der Waals surface area contributed by atoms with E-state index in [0.717, 1.165) is 31.2 Å². The van der Waals surface area contributed by atoms with Gasteiger partial charge in [0.1, 0.15) is 12.0 Å². The molecular weight excluding hydrogens is 498 g/mol. The second-order valence-corrected chi connectivity index (χ2v) is 10.5. The van der Waals surface area contributed by atoms with Crippen LogP contribution in [0.5, 0.6) is 23.0 Å². The minimum atomic E-state index is -0.751. The van der Waals surface area contributed by atoms with E-state index in [1.54, 1.807) is 32.4 Å². The molecule has 3 atom stereocenters. The van der Waals surface area contributed by atoms with Crippen LogP contribution in [0.1, 0.15) is 68.4 Å². The van der Waals surface area contributed by atoms with Crippen LogP contribution in [0.25, 0.3) is 0 Å². The van der Waals surface area contributed by atoms with Crippen molar-refractivity contribution in [1.82, 2.24) is 0 Å². The van der Waals surface area contributed by atoms with Crippen molar-refractivity contribution in [3.05, 3.63) is 58.8 Å². The highest BCUT2D eigenvalue weighted by molar-refractivity contribution is 6.09. The lowest BCUT2D eigenvalue weighted by molar-refractivity contribution is -0.151. The molecule has 1 aliphatic heterocycles. The molecule has 1 heterocycles. The number of hydrogen-bond acceptors (Lipinski definition) is 8. The number of nitrogens with zero attached hydrogens (tertiary/aromatic N) is 1. The molecule has 1 unspecified atom stereocenters. The molecule has 3 aliphatic rings. The number of methoxy groups -OCH3 is 3. The Balaban J connectivity index is 1.55. The molecular formula is C31H35NO7. The van der Waals surface area contributed by atoms with E-state index in [1.165, 1.54) is 7.11 Å². The molecule has 206 valence electrons. The minimum Gasteiger partial charge on any atom is -0.504 e. The summed E-state index contributed by atoms with van der Waals surface area (Å²) in [5.74, 6) is -0.393. The number of aromatic hydroxyl groups is 1. The number of allylic oxidation sites excluding steroid dienone is 2. The molecule has 39 heavy (non-hydrogen) atoms. The molecule has 2 aromatic carbocycles. The van der Waals surface area contributed by atoms with Crippen LogP contribution in [-0.2, 0) is 14.3 Å². The third kappa shape index (κ3) is 5.12. The maximum atomic E-state index is 13.9. The highest BCUT2D eigenvalue weighted by Gasteiger charge is 2.45. The monoisotopic (exact) mass is 533 g/mol. The van der Waals surface area contributed by atoms with E-state index in [0.29, 0.717) is 46.2 Å². The maximum absolute atomic E-state index is 13.9. The van der Waals surface area contributed by atoms with Crippen molar-refractivity contribution in [2.24, 2.45) is 10.9 Å². The number of hydrogen-bond donors (Lipinski definition) is 1. The first-order valence-corrected chi connectivity index (χ1v) is 13.4. The Bertz CT molecular complexity index is 1340. The fourth-order valence-electron chi connectivity index (χ4n) is 6.21. The lowest BCUT2D eigenvalue weighted by atomic mass is 9.69. The van der Waals surface area contributed by atoms with Gasteiger partial charge in [0.15, 0.2) is 28.8 Å². The van der Waals surface area contributed by atoms with Crippen molar-refractivity contribution < 1.29 is 33.6 Å². The van der Waals surface area contributed by atoms with E-state index >= 15 is 0 Å². The van der Waals surface area contributed by atoms with Crippen LogP contribution < -0.4 is 14.2 Å². The van der Waals surface area contributed by atoms with E-state index in [1.807, 2.05) is 25.1 Å². The van der Waals surface area contributed by atoms with Gasteiger partial charge in [-0.25, -0.2) is 0 Å². The summed E-state index contributed by atoms with van der Waals surface area (Å²) < 4.78 is 22.0. The van der Waals surface area contributed by atoms with E-state index < -0.39 is 11.8 Å². The minimum absolute atomic E-state index is 0.0494. The molecule has 0 amide bonds. The summed E-state index contributed by atoms with van der Waals surface area (Å²) in [6.45, 7) is 1.82. The Morgan fingerprint density at radius 3 is 2.23 bits per heavy atom. The Morgan fingerprint density at radius 2 is 1.56 bits per heavy atom. The molecule has 0 radical (unpaired) electrons. The predicted molar refractivity (Wildman–Crippen MR) is 146 cm³/mol. The number of phenols is 1. The summed E-state index contributed by atoms with van der Waals surface area (Å²) in [4.78, 5) is 32.3. The van der Waals surface area contributed by atoms with Gasteiger partial charge in [-0.1, -0.05) is 12.1 Å². The summed E-state index contributed by atoms with van der Waals surface area (Å²) in [6.07, 6.45) is 4.48. The zero-order valence-corrected chi connectivity index (χ0v) is 22.9. The van der Waals surface area contributed by atoms with E-state index in [2.05, 4.69) is 0 Å². The highest BCUT2D eigenvalue weighted by atomic mass is 16.5. The Kier molecular flexibility index (Phi) is 7.64. The van der Waals surface area contributed by atoms with Crippen LogP contribution >= 0.6 is 0 Å². The second kappa shape index (κ2) is 11.1. The van der Waals surface area contributed by atoms with Gasteiger partial charge in [-0.15, -0.1) is 0 Å². The quantitative estimate of drug-likeness (QED) is 0.470. The molecule has 0 aromatic heterocycles. The summed E-state index contributed by atoms with van der Waals surface area (Å²) in [5, 5.41) is 10.6. The highest BCUT2D eigenvalue weighted by Crippen LogP contribution is 2.48. The first-order chi connectivity index (χ1) is 18.8. The van der Waals surface area contributed by atoms with Crippen LogP contribution in [0.15, 0.2) is 52.7 Å². The third-order valence-corrected chi connectivity index (χ3v) is 8.17. The molecule has 2 aliphatic carbocycles. The Morgan fingerprint density at radius 1 is 0.897 bits per heavy atom. The predicted octanol–water partition coefficient (Wildman–Crippen LogP) is 5.48. The molecule has 0 bridgehead atoms. The van der Waals surface area contributed by atoms with Gasteiger partial charge in [-0.2, -0.15) is 0 Å². The van der Waals surface area contributed by atoms with Gasteiger partial charge in [0.05, 0.1) is 21.3 Å². The number of carbonyl (C=O) groups excluding carboxylic acids is 2. The third-order valence-electron chi connectivity index (χ3n) is 8.17. The van der Waals surface area contributed by atoms with E-state index in [9.17, 15) is 14.7 Å². The van der Waals surface area contributed by atoms with Crippen molar-refractivity contribution in [3.63, 3.8) is 0 Å². The van der Waals surface area contributed by atoms with Gasteiger partial charge in [-0.05, 0) is 80.3 Å². The zero-order chi connectivity index (χ0) is 27.7. The van der Waals surface area contributed by atoms with Gasteiger partial charge in [0.25, 0.3) is 0 Å². The number of aliphatic imine (C=N–C) groups is 1. The van der Waals surface area contributed by atoms with Crippen LogP contribution in [-0.4, -0.2) is 50.0 Å². The van der Waals surface area contributed by atoms with E-state index in [4.69, 9.17) is 23.9 Å². The number of ether oxygens (including phenoxy) is 4. The first kappa shape index (κ1) is 26.8. The van der Waals surface area contributed by atoms with Crippen molar-refractivity contribution in [2.45, 2.75) is 63.4 Å². The zero-order valence-electron chi connectivity index (χ0n) is 22.9. The molecule has 0 spiro atoms. The number of Topliss-reactive ketones (excluding diaryl/α,β-unsaturated/α-hetero) is 1. The molecule has 5 rings (SSSR count).